The molecule has 2 bridgehead atoms. The molecule has 3 fully saturated rings. The third kappa shape index (κ3) is 5.29. The molecule has 3 amide bonds. The molecule has 0 radical (unpaired) electrons. The van der Waals surface area contributed by atoms with E-state index < -0.39 is 29.6 Å². The van der Waals surface area contributed by atoms with Gasteiger partial charge in [-0.15, -0.1) is 13.2 Å². The van der Waals surface area contributed by atoms with E-state index in [2.05, 4.69) is 36.0 Å². The molecular weight excluding hydrogens is 526 g/mol. The Kier molecular flexibility index (Phi) is 10.2. The van der Waals surface area contributed by atoms with Crippen molar-refractivity contribution in [1.82, 2.24) is 14.7 Å². The number of likely N-dealkylation sites (tertiary alicyclic amines) is 1. The number of fused-ring (bicyclic) bond motifs is 1. The summed E-state index contributed by atoms with van der Waals surface area (Å²) in [6.45, 7) is 11.6. The predicted molar refractivity (Wildman–Crippen MR) is 142 cm³/mol. The molecule has 1 spiro atoms. The number of rotatable bonds is 15. The van der Waals surface area contributed by atoms with Crippen molar-refractivity contribution in [2.75, 3.05) is 39.8 Å². The molecule has 3 aliphatic rings. The quantitative estimate of drug-likeness (QED) is 0.187. The Morgan fingerprint density at radius 2 is 1.86 bits per heavy atom. The van der Waals surface area contributed by atoms with Crippen LogP contribution in [0.1, 0.15) is 51.9 Å². The number of ether oxygens (including phenoxy) is 1. The fourth-order valence-corrected chi connectivity index (χ4v) is 7.13. The first-order valence-electron chi connectivity index (χ1n) is 13.3. The van der Waals surface area contributed by atoms with Gasteiger partial charge in [0.1, 0.15) is 11.6 Å². The summed E-state index contributed by atoms with van der Waals surface area (Å²) < 4.78 is 6.58. The Balaban J connectivity index is 1.97. The molecule has 0 aromatic rings. The lowest BCUT2D eigenvalue weighted by molar-refractivity contribution is -0.148. The molecule has 0 aliphatic carbocycles. The SMILES string of the molecule is C=CCN(C)C(=O)[C@H]1[C@H]2C(=O)N(CCCCCCO)C(C(=O)N(CC=C)CCCC)C23CC(Br)[C@@H]1O3. The average molecular weight is 569 g/mol. The summed E-state index contributed by atoms with van der Waals surface area (Å²) in [5.41, 5.74) is -1.03. The molecule has 3 unspecified atom stereocenters. The van der Waals surface area contributed by atoms with Crippen LogP contribution in [0.2, 0.25) is 0 Å². The van der Waals surface area contributed by atoms with Gasteiger partial charge < -0.3 is 24.5 Å². The van der Waals surface area contributed by atoms with Gasteiger partial charge in [0.05, 0.1) is 17.9 Å². The lowest BCUT2D eigenvalue weighted by atomic mass is 9.70. The van der Waals surface area contributed by atoms with E-state index >= 15 is 0 Å². The van der Waals surface area contributed by atoms with Crippen molar-refractivity contribution in [1.29, 1.82) is 0 Å². The second-order valence-electron chi connectivity index (χ2n) is 10.3. The van der Waals surface area contributed by atoms with Crippen LogP contribution in [0.5, 0.6) is 0 Å². The van der Waals surface area contributed by atoms with Crippen molar-refractivity contribution in [3.05, 3.63) is 25.3 Å². The fraction of sp³-hybridized carbons (Fsp3) is 0.741. The number of unbranched alkanes of at least 4 members (excludes halogenated alkanes) is 4. The van der Waals surface area contributed by atoms with Crippen LogP contribution in [-0.2, 0) is 19.1 Å². The Morgan fingerprint density at radius 3 is 2.50 bits per heavy atom. The molecule has 3 heterocycles. The summed E-state index contributed by atoms with van der Waals surface area (Å²) in [7, 11) is 1.71. The second kappa shape index (κ2) is 12.7. The number of nitrogens with zero attached hydrogens (tertiary/aromatic N) is 3. The third-order valence-corrected chi connectivity index (χ3v) is 8.68. The second-order valence-corrected chi connectivity index (χ2v) is 11.4. The first kappa shape index (κ1) is 28.9. The van der Waals surface area contributed by atoms with E-state index in [1.165, 1.54) is 0 Å². The fourth-order valence-electron chi connectivity index (χ4n) is 6.19. The van der Waals surface area contributed by atoms with E-state index in [9.17, 15) is 14.4 Å². The number of halogens is 1. The molecule has 0 saturated carbocycles. The minimum Gasteiger partial charge on any atom is -0.396 e. The molecule has 202 valence electrons. The molecule has 9 heteroatoms. The first-order chi connectivity index (χ1) is 17.3. The van der Waals surface area contributed by atoms with Gasteiger partial charge in [-0.3, -0.25) is 14.4 Å². The van der Waals surface area contributed by atoms with Crippen LogP contribution in [0.4, 0.5) is 0 Å². The van der Waals surface area contributed by atoms with Gasteiger partial charge in [-0.1, -0.05) is 54.3 Å². The summed E-state index contributed by atoms with van der Waals surface area (Å²) in [5.74, 6) is -1.74. The number of alkyl halides is 1. The van der Waals surface area contributed by atoms with Crippen LogP contribution in [-0.4, -0.2) is 99.9 Å². The van der Waals surface area contributed by atoms with Gasteiger partial charge >= 0.3 is 0 Å². The van der Waals surface area contributed by atoms with E-state index in [1.807, 2.05) is 0 Å². The van der Waals surface area contributed by atoms with E-state index in [0.29, 0.717) is 32.6 Å². The first-order valence-corrected chi connectivity index (χ1v) is 14.2. The summed E-state index contributed by atoms with van der Waals surface area (Å²) in [6.07, 6.45) is 8.40. The lowest BCUT2D eigenvalue weighted by Gasteiger charge is -2.37. The maximum Gasteiger partial charge on any atom is 0.248 e. The number of aliphatic hydroxyl groups excluding tert-OH is 1. The number of carbonyl (C=O) groups excluding carboxylic acids is 3. The lowest BCUT2D eigenvalue weighted by Crippen LogP contribution is -2.57. The van der Waals surface area contributed by atoms with Crippen LogP contribution in [0.15, 0.2) is 25.3 Å². The highest BCUT2D eigenvalue weighted by atomic mass is 79.9. The van der Waals surface area contributed by atoms with E-state index in [1.54, 1.807) is 33.9 Å². The van der Waals surface area contributed by atoms with Crippen molar-refractivity contribution < 1.29 is 24.2 Å². The molecular formula is C27H42BrN3O5. The maximum absolute atomic E-state index is 14.1. The summed E-state index contributed by atoms with van der Waals surface area (Å²) in [6, 6.07) is -0.766. The Labute approximate surface area is 223 Å². The highest BCUT2D eigenvalue weighted by Crippen LogP contribution is 2.60. The minimum absolute atomic E-state index is 0.115. The van der Waals surface area contributed by atoms with E-state index in [-0.39, 0.29) is 29.2 Å². The zero-order valence-electron chi connectivity index (χ0n) is 21.7. The standard InChI is InChI=1S/C27H42BrN3O5/c1-5-8-15-30(14-7-3)26(35)23-27-18-19(28)22(36-27)20(24(33)29(4)13-6-2)21(27)25(34)31(23)16-11-9-10-12-17-32/h6-7,19-23,32H,2-3,5,8-18H2,1,4H3/t19?,20-,21-,22-,23?,27?/m0/s1. The largest absolute Gasteiger partial charge is 0.396 e. The zero-order chi connectivity index (χ0) is 26.5. The van der Waals surface area contributed by atoms with Crippen molar-refractivity contribution in [3.63, 3.8) is 0 Å². The average Bonchev–Trinajstić information content (AvgIpc) is 3.44. The number of amides is 3. The number of hydrogen-bond acceptors (Lipinski definition) is 5. The van der Waals surface area contributed by atoms with Crippen molar-refractivity contribution >= 4 is 33.7 Å². The Hall–Kier alpha value is -1.71. The van der Waals surface area contributed by atoms with Gasteiger partial charge in [0, 0.05) is 44.7 Å². The Morgan fingerprint density at radius 1 is 1.17 bits per heavy atom. The topological polar surface area (TPSA) is 90.4 Å². The van der Waals surface area contributed by atoms with Gasteiger partial charge in [0.2, 0.25) is 17.7 Å². The summed E-state index contributed by atoms with van der Waals surface area (Å²) in [5, 5.41) is 9.10. The zero-order valence-corrected chi connectivity index (χ0v) is 23.3. The summed E-state index contributed by atoms with van der Waals surface area (Å²) >= 11 is 3.72. The molecule has 6 atom stereocenters. The van der Waals surface area contributed by atoms with Gasteiger partial charge in [-0.05, 0) is 25.7 Å². The van der Waals surface area contributed by atoms with Gasteiger partial charge in [-0.25, -0.2) is 0 Å². The van der Waals surface area contributed by atoms with E-state index in [0.717, 1.165) is 38.5 Å². The highest BCUT2D eigenvalue weighted by molar-refractivity contribution is 9.09. The molecule has 0 aromatic carbocycles. The molecule has 3 rings (SSSR count). The maximum atomic E-state index is 14.1. The molecule has 0 aromatic heterocycles. The van der Waals surface area contributed by atoms with Crippen LogP contribution in [0.25, 0.3) is 0 Å². The normalized spacial score (nSPS) is 30.4. The monoisotopic (exact) mass is 567 g/mol. The van der Waals surface area contributed by atoms with Gasteiger partial charge in [0.15, 0.2) is 0 Å². The van der Waals surface area contributed by atoms with Crippen molar-refractivity contribution in [2.45, 2.75) is 74.4 Å². The molecule has 8 nitrogen and oxygen atoms in total. The molecule has 3 saturated heterocycles. The minimum atomic E-state index is -1.03. The molecule has 36 heavy (non-hydrogen) atoms. The third-order valence-electron chi connectivity index (χ3n) is 7.84. The Bertz CT molecular complexity index is 838. The predicted octanol–water partition coefficient (Wildman–Crippen LogP) is 2.75. The van der Waals surface area contributed by atoms with Crippen molar-refractivity contribution in [2.24, 2.45) is 11.8 Å². The number of likely N-dealkylation sites (N-methyl/N-ethyl adjacent to an activating group) is 1. The van der Waals surface area contributed by atoms with Crippen molar-refractivity contribution in [3.8, 4) is 0 Å². The summed E-state index contributed by atoms with van der Waals surface area (Å²) in [4.78, 5) is 46.6. The number of aliphatic hydroxyl groups is 1. The molecule has 1 N–H and O–H groups in total. The van der Waals surface area contributed by atoms with Gasteiger partial charge in [-0.2, -0.15) is 0 Å². The van der Waals surface area contributed by atoms with Crippen LogP contribution in [0.3, 0.4) is 0 Å². The van der Waals surface area contributed by atoms with Crippen LogP contribution >= 0.6 is 15.9 Å². The molecule has 3 aliphatic heterocycles. The van der Waals surface area contributed by atoms with Crippen LogP contribution in [0, 0.1) is 11.8 Å². The van der Waals surface area contributed by atoms with E-state index in [4.69, 9.17) is 9.84 Å². The number of hydrogen-bond donors (Lipinski definition) is 1. The van der Waals surface area contributed by atoms with Gasteiger partial charge in [0.25, 0.3) is 0 Å². The smallest absolute Gasteiger partial charge is 0.248 e. The van der Waals surface area contributed by atoms with Crippen LogP contribution < -0.4 is 0 Å². The highest BCUT2D eigenvalue weighted by Gasteiger charge is 2.76. The number of carbonyl (C=O) groups is 3.